The highest BCUT2D eigenvalue weighted by atomic mass is 32.2. The Hall–Kier alpha value is -1.07. The number of halogens is 1. The summed E-state index contributed by atoms with van der Waals surface area (Å²) in [5, 5.41) is 3.01. The number of hydrogen-bond acceptors (Lipinski definition) is 3. The molecular weight excluding hydrogens is 269 g/mol. The first-order valence-electron chi connectivity index (χ1n) is 5.76. The minimum atomic E-state index is -1.23. The lowest BCUT2D eigenvalue weighted by molar-refractivity contribution is 0.622. The fourth-order valence-electron chi connectivity index (χ4n) is 1.57. The van der Waals surface area contributed by atoms with Gasteiger partial charge in [0.25, 0.3) is 0 Å². The van der Waals surface area contributed by atoms with Crippen LogP contribution in [0.2, 0.25) is 0 Å². The lowest BCUT2D eigenvalue weighted by Gasteiger charge is -2.00. The Labute approximate surface area is 112 Å². The van der Waals surface area contributed by atoms with Crippen LogP contribution < -0.4 is 0 Å². The first-order chi connectivity index (χ1) is 8.69. The van der Waals surface area contributed by atoms with Gasteiger partial charge in [-0.05, 0) is 31.0 Å². The summed E-state index contributed by atoms with van der Waals surface area (Å²) in [6, 6.07) is 5.92. The van der Waals surface area contributed by atoms with Crippen molar-refractivity contribution < 1.29 is 8.60 Å². The molecular formula is C13H14FNOS2. The zero-order chi connectivity index (χ0) is 13.0. The van der Waals surface area contributed by atoms with Gasteiger partial charge in [-0.1, -0.05) is 13.0 Å². The number of nitrogens with zero attached hydrogens (tertiary/aromatic N) is 1. The van der Waals surface area contributed by atoms with Gasteiger partial charge in [0.15, 0.2) is 0 Å². The Morgan fingerprint density at radius 1 is 1.44 bits per heavy atom. The zero-order valence-corrected chi connectivity index (χ0v) is 11.7. The highest BCUT2D eigenvalue weighted by Gasteiger charge is 2.09. The predicted molar refractivity (Wildman–Crippen MR) is 72.6 cm³/mol. The predicted octanol–water partition coefficient (Wildman–Crippen LogP) is 3.54. The highest BCUT2D eigenvalue weighted by molar-refractivity contribution is 7.84. The van der Waals surface area contributed by atoms with E-state index in [2.05, 4.69) is 11.9 Å². The van der Waals surface area contributed by atoms with Crippen molar-refractivity contribution in [2.24, 2.45) is 0 Å². The van der Waals surface area contributed by atoms with Crippen LogP contribution in [0.4, 0.5) is 4.39 Å². The van der Waals surface area contributed by atoms with E-state index in [-0.39, 0.29) is 5.82 Å². The summed E-state index contributed by atoms with van der Waals surface area (Å²) in [6.45, 7) is 2.10. The van der Waals surface area contributed by atoms with Gasteiger partial charge in [0, 0.05) is 10.3 Å². The van der Waals surface area contributed by atoms with Crippen LogP contribution in [-0.2, 0) is 23.0 Å². The van der Waals surface area contributed by atoms with Gasteiger partial charge in [0.05, 0.1) is 27.3 Å². The molecule has 1 aromatic carbocycles. The number of rotatable bonds is 5. The van der Waals surface area contributed by atoms with Gasteiger partial charge in [0.2, 0.25) is 0 Å². The average Bonchev–Trinajstić information content (AvgIpc) is 2.77. The number of thiazole rings is 1. The van der Waals surface area contributed by atoms with Crippen LogP contribution in [0.5, 0.6) is 0 Å². The minimum absolute atomic E-state index is 0.351. The first kappa shape index (κ1) is 13.4. The third-order valence-electron chi connectivity index (χ3n) is 2.40. The van der Waals surface area contributed by atoms with E-state index in [1.54, 1.807) is 23.5 Å². The maximum atomic E-state index is 13.0. The summed E-state index contributed by atoms with van der Waals surface area (Å²) in [4.78, 5) is 4.93. The summed E-state index contributed by atoms with van der Waals surface area (Å²) < 4.78 is 25.1. The SMILES string of the molecule is CCCc1nc(CS(=O)c2cccc(F)c2)cs1. The van der Waals surface area contributed by atoms with E-state index in [1.165, 1.54) is 12.1 Å². The number of hydrogen-bond donors (Lipinski definition) is 0. The third-order valence-corrected chi connectivity index (χ3v) is 4.70. The topological polar surface area (TPSA) is 30.0 Å². The van der Waals surface area contributed by atoms with Crippen LogP contribution in [0, 0.1) is 5.82 Å². The standard InChI is InChI=1S/C13H14FNOS2/c1-2-4-13-15-11(8-17-13)9-18(16)12-6-3-5-10(14)7-12/h3,5-8H,2,4,9H2,1H3. The molecule has 1 heterocycles. The number of aromatic nitrogens is 1. The van der Waals surface area contributed by atoms with Crippen molar-refractivity contribution in [3.05, 3.63) is 46.2 Å². The molecule has 0 aliphatic rings. The molecule has 0 aliphatic carbocycles. The lowest BCUT2D eigenvalue weighted by Crippen LogP contribution is -1.97. The Kier molecular flexibility index (Phi) is 4.60. The Balaban J connectivity index is 2.06. The Morgan fingerprint density at radius 3 is 3.00 bits per heavy atom. The highest BCUT2D eigenvalue weighted by Crippen LogP contribution is 2.17. The van der Waals surface area contributed by atoms with Crippen molar-refractivity contribution in [3.8, 4) is 0 Å². The van der Waals surface area contributed by atoms with Crippen LogP contribution in [0.1, 0.15) is 24.0 Å². The van der Waals surface area contributed by atoms with Crippen molar-refractivity contribution in [2.45, 2.75) is 30.4 Å². The second kappa shape index (κ2) is 6.20. The maximum absolute atomic E-state index is 13.0. The molecule has 0 saturated heterocycles. The molecule has 2 aromatic rings. The van der Waals surface area contributed by atoms with E-state index < -0.39 is 10.8 Å². The van der Waals surface area contributed by atoms with E-state index in [0.29, 0.717) is 10.6 Å². The molecule has 0 N–H and O–H groups in total. The van der Waals surface area contributed by atoms with Gasteiger partial charge in [-0.2, -0.15) is 0 Å². The molecule has 0 radical (unpaired) electrons. The summed E-state index contributed by atoms with van der Waals surface area (Å²) in [7, 11) is -1.23. The van der Waals surface area contributed by atoms with Crippen LogP contribution in [0.15, 0.2) is 34.5 Å². The molecule has 1 unspecified atom stereocenters. The third kappa shape index (κ3) is 3.46. The van der Waals surface area contributed by atoms with Gasteiger partial charge in [0.1, 0.15) is 5.82 Å². The first-order valence-corrected chi connectivity index (χ1v) is 7.96. The maximum Gasteiger partial charge on any atom is 0.124 e. The average molecular weight is 283 g/mol. The van der Waals surface area contributed by atoms with Crippen LogP contribution in [-0.4, -0.2) is 9.19 Å². The number of aryl methyl sites for hydroxylation is 1. The van der Waals surface area contributed by atoms with Gasteiger partial charge in [-0.15, -0.1) is 11.3 Å². The molecule has 0 amide bonds. The van der Waals surface area contributed by atoms with Crippen molar-refractivity contribution >= 4 is 22.1 Å². The molecule has 18 heavy (non-hydrogen) atoms. The molecule has 5 heteroatoms. The molecule has 2 rings (SSSR count). The van der Waals surface area contributed by atoms with Crippen molar-refractivity contribution in [1.29, 1.82) is 0 Å². The molecule has 2 nitrogen and oxygen atoms in total. The fourth-order valence-corrected chi connectivity index (χ4v) is 3.63. The van der Waals surface area contributed by atoms with Crippen molar-refractivity contribution in [3.63, 3.8) is 0 Å². The quantitative estimate of drug-likeness (QED) is 0.840. The van der Waals surface area contributed by atoms with E-state index in [1.807, 2.05) is 5.38 Å². The lowest BCUT2D eigenvalue weighted by atomic mass is 10.3. The molecule has 1 atom stereocenters. The summed E-state index contributed by atoms with van der Waals surface area (Å²) in [6.07, 6.45) is 2.01. The molecule has 0 bridgehead atoms. The Bertz CT molecular complexity index is 553. The second-order valence-corrected chi connectivity index (χ2v) is 6.32. The van der Waals surface area contributed by atoms with Crippen molar-refractivity contribution in [1.82, 2.24) is 4.98 Å². The van der Waals surface area contributed by atoms with Gasteiger partial charge < -0.3 is 0 Å². The van der Waals surface area contributed by atoms with E-state index >= 15 is 0 Å². The number of benzene rings is 1. The van der Waals surface area contributed by atoms with Gasteiger partial charge in [-0.25, -0.2) is 9.37 Å². The molecule has 0 spiro atoms. The van der Waals surface area contributed by atoms with Gasteiger partial charge >= 0.3 is 0 Å². The minimum Gasteiger partial charge on any atom is -0.254 e. The van der Waals surface area contributed by atoms with Crippen LogP contribution >= 0.6 is 11.3 Å². The largest absolute Gasteiger partial charge is 0.254 e. The van der Waals surface area contributed by atoms with Gasteiger partial charge in [-0.3, -0.25) is 4.21 Å². The molecule has 1 aromatic heterocycles. The molecule has 0 fully saturated rings. The second-order valence-electron chi connectivity index (χ2n) is 3.93. The Morgan fingerprint density at radius 2 is 2.28 bits per heavy atom. The monoisotopic (exact) mass is 283 g/mol. The van der Waals surface area contributed by atoms with Crippen LogP contribution in [0.3, 0.4) is 0 Å². The van der Waals surface area contributed by atoms with Crippen molar-refractivity contribution in [2.75, 3.05) is 0 Å². The zero-order valence-electron chi connectivity index (χ0n) is 10.1. The smallest absolute Gasteiger partial charge is 0.124 e. The van der Waals surface area contributed by atoms with E-state index in [0.717, 1.165) is 23.5 Å². The normalized spacial score (nSPS) is 12.6. The summed E-state index contributed by atoms with van der Waals surface area (Å²) >= 11 is 1.59. The van der Waals surface area contributed by atoms with E-state index in [9.17, 15) is 8.60 Å². The molecule has 96 valence electrons. The van der Waals surface area contributed by atoms with E-state index in [4.69, 9.17) is 0 Å². The summed E-state index contributed by atoms with van der Waals surface area (Å²) in [5.41, 5.74) is 0.825. The molecule has 0 aliphatic heterocycles. The fraction of sp³-hybridized carbons (Fsp3) is 0.308. The van der Waals surface area contributed by atoms with Crippen LogP contribution in [0.25, 0.3) is 0 Å². The summed E-state index contributed by atoms with van der Waals surface area (Å²) in [5.74, 6) is -0.00488. The molecule has 0 saturated carbocycles.